The lowest BCUT2D eigenvalue weighted by atomic mass is 10.1. The molecule has 0 atom stereocenters. The van der Waals surface area contributed by atoms with Gasteiger partial charge in [-0.25, -0.2) is 29.6 Å². The van der Waals surface area contributed by atoms with Gasteiger partial charge >= 0.3 is 0 Å². The van der Waals surface area contributed by atoms with Gasteiger partial charge in [0.2, 0.25) is 5.95 Å². The second kappa shape index (κ2) is 8.91. The molecule has 0 fully saturated rings. The monoisotopic (exact) mass is 440 g/mol. The van der Waals surface area contributed by atoms with Gasteiger partial charge in [-0.2, -0.15) is 0 Å². The van der Waals surface area contributed by atoms with E-state index in [4.69, 9.17) is 21.7 Å². The highest BCUT2D eigenvalue weighted by Crippen LogP contribution is 2.23. The molecule has 5 rings (SSSR count). The van der Waals surface area contributed by atoms with E-state index in [0.717, 1.165) is 22.6 Å². The molecule has 0 unspecified atom stereocenters. The van der Waals surface area contributed by atoms with Crippen LogP contribution < -0.4 is 5.32 Å². The molecule has 0 amide bonds. The molecule has 32 heavy (non-hydrogen) atoms. The molecule has 1 N–H and O–H groups in total. The van der Waals surface area contributed by atoms with Crippen molar-refractivity contribution in [2.24, 2.45) is 0 Å². The lowest BCUT2D eigenvalue weighted by Gasteiger charge is -2.08. The summed E-state index contributed by atoms with van der Waals surface area (Å²) in [5, 5.41) is 8.54. The van der Waals surface area contributed by atoms with E-state index in [1.807, 2.05) is 59.3 Å². The van der Waals surface area contributed by atoms with Crippen LogP contribution in [0.15, 0.2) is 85.6 Å². The molecule has 0 aliphatic rings. The van der Waals surface area contributed by atoms with Crippen LogP contribution in [0.1, 0.15) is 11.4 Å². The smallest absolute Gasteiger partial charge is 0.231 e. The van der Waals surface area contributed by atoms with Crippen molar-refractivity contribution in [3.05, 3.63) is 102 Å². The van der Waals surface area contributed by atoms with Gasteiger partial charge in [0.1, 0.15) is 24.3 Å². The molecule has 0 aliphatic heterocycles. The van der Waals surface area contributed by atoms with Crippen LogP contribution in [0.3, 0.4) is 0 Å². The average molecular weight is 441 g/mol. The van der Waals surface area contributed by atoms with Crippen molar-refractivity contribution in [3.63, 3.8) is 0 Å². The molecule has 0 bridgehead atoms. The van der Waals surface area contributed by atoms with E-state index in [9.17, 15) is 0 Å². The number of halogens is 1. The number of nitrogens with zero attached hydrogens (tertiary/aromatic N) is 7. The Morgan fingerprint density at radius 3 is 2.44 bits per heavy atom. The fraction of sp³-hybridized carbons (Fsp3) is 0.0435. The van der Waals surface area contributed by atoms with Gasteiger partial charge in [-0.1, -0.05) is 41.9 Å². The summed E-state index contributed by atoms with van der Waals surface area (Å²) in [6.07, 6.45) is 5.18. The van der Waals surface area contributed by atoms with Gasteiger partial charge in [-0.05, 0) is 35.9 Å². The maximum absolute atomic E-state index is 6.05. The van der Waals surface area contributed by atoms with E-state index in [-0.39, 0.29) is 0 Å². The average Bonchev–Trinajstić information content (AvgIpc) is 3.25. The first-order valence-corrected chi connectivity index (χ1v) is 10.2. The Morgan fingerprint density at radius 2 is 1.66 bits per heavy atom. The Balaban J connectivity index is 1.54. The van der Waals surface area contributed by atoms with Gasteiger partial charge in [-0.3, -0.25) is 0 Å². The van der Waals surface area contributed by atoms with E-state index in [0.29, 0.717) is 29.0 Å². The first kappa shape index (κ1) is 19.8. The third-order valence-corrected chi connectivity index (χ3v) is 4.95. The molecule has 0 saturated heterocycles. The largest absolute Gasteiger partial charge is 0.309 e. The van der Waals surface area contributed by atoms with Gasteiger partial charge < -0.3 is 5.32 Å². The fourth-order valence-electron chi connectivity index (χ4n) is 3.20. The molecule has 3 aromatic heterocycles. The van der Waals surface area contributed by atoms with E-state index < -0.39 is 0 Å². The van der Waals surface area contributed by atoms with Gasteiger partial charge in [0.15, 0.2) is 5.82 Å². The predicted molar refractivity (Wildman–Crippen MR) is 122 cm³/mol. The SMILES string of the molecule is Clc1ccc(-c2nc(Cc3ccccc3)n(-c3ccnc(Nc4ncncn4)c3)n2)cc1. The number of aromatic nitrogens is 7. The second-order valence-corrected chi connectivity index (χ2v) is 7.36. The number of anilines is 2. The van der Waals surface area contributed by atoms with Crippen LogP contribution in [0.4, 0.5) is 11.8 Å². The number of hydrogen-bond donors (Lipinski definition) is 1. The van der Waals surface area contributed by atoms with Crippen molar-refractivity contribution in [1.29, 1.82) is 0 Å². The van der Waals surface area contributed by atoms with Crippen molar-refractivity contribution in [1.82, 2.24) is 34.7 Å². The zero-order valence-electron chi connectivity index (χ0n) is 16.8. The summed E-state index contributed by atoms with van der Waals surface area (Å²) in [5.74, 6) is 2.42. The lowest BCUT2D eigenvalue weighted by Crippen LogP contribution is -2.06. The maximum atomic E-state index is 6.05. The quantitative estimate of drug-likeness (QED) is 0.415. The summed E-state index contributed by atoms with van der Waals surface area (Å²) < 4.78 is 1.83. The first-order chi connectivity index (χ1) is 15.7. The summed E-state index contributed by atoms with van der Waals surface area (Å²) in [7, 11) is 0. The molecule has 0 saturated carbocycles. The van der Waals surface area contributed by atoms with Crippen LogP contribution in [0.5, 0.6) is 0 Å². The third-order valence-electron chi connectivity index (χ3n) is 4.70. The molecule has 156 valence electrons. The van der Waals surface area contributed by atoms with Crippen LogP contribution >= 0.6 is 11.6 Å². The summed E-state index contributed by atoms with van der Waals surface area (Å²) in [6.45, 7) is 0. The van der Waals surface area contributed by atoms with Crippen molar-refractivity contribution in [2.45, 2.75) is 6.42 Å². The zero-order chi connectivity index (χ0) is 21.8. The Labute approximate surface area is 189 Å². The van der Waals surface area contributed by atoms with Crippen molar-refractivity contribution < 1.29 is 0 Å². The van der Waals surface area contributed by atoms with E-state index in [1.54, 1.807) is 6.20 Å². The van der Waals surface area contributed by atoms with E-state index in [1.165, 1.54) is 12.7 Å². The molecular weight excluding hydrogens is 424 g/mol. The Kier molecular flexibility index (Phi) is 5.50. The minimum atomic E-state index is 0.412. The second-order valence-electron chi connectivity index (χ2n) is 6.92. The highest BCUT2D eigenvalue weighted by Gasteiger charge is 2.15. The summed E-state index contributed by atoms with van der Waals surface area (Å²) in [5.41, 5.74) is 2.84. The van der Waals surface area contributed by atoms with Crippen LogP contribution in [0, 0.1) is 0 Å². The van der Waals surface area contributed by atoms with Crippen LogP contribution in [0.25, 0.3) is 17.1 Å². The minimum Gasteiger partial charge on any atom is -0.309 e. The highest BCUT2D eigenvalue weighted by molar-refractivity contribution is 6.30. The van der Waals surface area contributed by atoms with Gasteiger partial charge in [0, 0.05) is 29.3 Å². The summed E-state index contributed by atoms with van der Waals surface area (Å²) in [6, 6.07) is 21.4. The predicted octanol–water partition coefficient (Wildman–Crippen LogP) is 4.50. The highest BCUT2D eigenvalue weighted by atomic mass is 35.5. The van der Waals surface area contributed by atoms with Gasteiger partial charge in [0.25, 0.3) is 0 Å². The van der Waals surface area contributed by atoms with Crippen LogP contribution in [0.2, 0.25) is 5.02 Å². The number of pyridine rings is 1. The molecule has 5 aromatic rings. The molecule has 0 radical (unpaired) electrons. The topological polar surface area (TPSA) is 94.3 Å². The van der Waals surface area contributed by atoms with Crippen LogP contribution in [-0.2, 0) is 6.42 Å². The maximum Gasteiger partial charge on any atom is 0.231 e. The molecule has 2 aromatic carbocycles. The summed E-state index contributed by atoms with van der Waals surface area (Å²) >= 11 is 6.05. The third kappa shape index (κ3) is 4.45. The lowest BCUT2D eigenvalue weighted by molar-refractivity contribution is 0.812. The van der Waals surface area contributed by atoms with Gasteiger partial charge in [-0.15, -0.1) is 5.10 Å². The van der Waals surface area contributed by atoms with E-state index in [2.05, 4.69) is 37.4 Å². The molecule has 0 aliphatic carbocycles. The number of hydrogen-bond acceptors (Lipinski definition) is 7. The van der Waals surface area contributed by atoms with Crippen molar-refractivity contribution >= 4 is 23.4 Å². The number of benzene rings is 2. The van der Waals surface area contributed by atoms with Gasteiger partial charge in [0.05, 0.1) is 5.69 Å². The van der Waals surface area contributed by atoms with Crippen molar-refractivity contribution in [2.75, 3.05) is 5.32 Å². The minimum absolute atomic E-state index is 0.412. The number of nitrogens with one attached hydrogen (secondary N) is 1. The molecule has 8 nitrogen and oxygen atoms in total. The standard InChI is InChI=1S/C23H17ClN8/c24-18-8-6-17(7-9-18)22-30-21(12-16-4-2-1-3-5-16)32(31-22)19-10-11-26-20(13-19)29-23-27-14-25-15-28-23/h1-11,13-15H,12H2,(H,25,26,27,28,29). The molecule has 0 spiro atoms. The summed E-state index contributed by atoms with van der Waals surface area (Å²) in [4.78, 5) is 21.2. The van der Waals surface area contributed by atoms with E-state index >= 15 is 0 Å². The molecule has 3 heterocycles. The molecule has 9 heteroatoms. The molecular formula is C23H17ClN8. The number of rotatable bonds is 6. The van der Waals surface area contributed by atoms with Crippen molar-refractivity contribution in [3.8, 4) is 17.1 Å². The normalized spacial score (nSPS) is 10.8. The Hall–Kier alpha value is -4.17. The zero-order valence-corrected chi connectivity index (χ0v) is 17.6. The first-order valence-electron chi connectivity index (χ1n) is 9.86. The van der Waals surface area contributed by atoms with Crippen LogP contribution in [-0.4, -0.2) is 34.7 Å². The fourth-order valence-corrected chi connectivity index (χ4v) is 3.33. The Morgan fingerprint density at radius 1 is 0.875 bits per heavy atom. The Bertz CT molecular complexity index is 1320.